The van der Waals surface area contributed by atoms with Crippen LogP contribution in [0.5, 0.6) is 11.5 Å². The molecule has 0 saturated carbocycles. The first-order chi connectivity index (χ1) is 13.0. The molecule has 1 heterocycles. The number of hydrogen-bond acceptors (Lipinski definition) is 4. The molecule has 0 aliphatic carbocycles. The van der Waals surface area contributed by atoms with Crippen LogP contribution in [0.4, 0.5) is 0 Å². The van der Waals surface area contributed by atoms with E-state index in [-0.39, 0.29) is 17.9 Å². The summed E-state index contributed by atoms with van der Waals surface area (Å²) in [5.41, 5.74) is 2.31. The van der Waals surface area contributed by atoms with Crippen molar-refractivity contribution in [3.8, 4) is 11.5 Å². The monoisotopic (exact) mass is 368 g/mol. The number of carbonyl (C=O) groups excluding carboxylic acids is 1. The third-order valence-electron chi connectivity index (χ3n) is 4.58. The van der Waals surface area contributed by atoms with E-state index < -0.39 is 0 Å². The van der Waals surface area contributed by atoms with E-state index in [1.54, 1.807) is 7.05 Å². The Kier molecular flexibility index (Phi) is 6.35. The summed E-state index contributed by atoms with van der Waals surface area (Å²) < 4.78 is 11.6. The van der Waals surface area contributed by atoms with E-state index in [1.165, 1.54) is 5.56 Å². The molecule has 144 valence electrons. The van der Waals surface area contributed by atoms with Crippen molar-refractivity contribution < 1.29 is 14.3 Å². The summed E-state index contributed by atoms with van der Waals surface area (Å²) in [6.07, 6.45) is 0.159. The fourth-order valence-corrected chi connectivity index (χ4v) is 3.17. The molecule has 2 aromatic rings. The van der Waals surface area contributed by atoms with Gasteiger partial charge in [-0.2, -0.15) is 0 Å². The predicted molar refractivity (Wildman–Crippen MR) is 106 cm³/mol. The second-order valence-electron chi connectivity index (χ2n) is 7.25. The molecule has 1 N–H and O–H groups in total. The second kappa shape index (κ2) is 8.91. The molecular formula is C22H28N2O3. The quantitative estimate of drug-likeness (QED) is 0.777. The van der Waals surface area contributed by atoms with Crippen molar-refractivity contribution in [2.45, 2.75) is 33.1 Å². The molecule has 1 aliphatic rings. The fraction of sp³-hybridized carbons (Fsp3) is 0.409. The van der Waals surface area contributed by atoms with Gasteiger partial charge in [0.2, 0.25) is 5.91 Å². The maximum Gasteiger partial charge on any atom is 0.225 e. The van der Waals surface area contributed by atoms with Gasteiger partial charge in [0, 0.05) is 26.7 Å². The van der Waals surface area contributed by atoms with Crippen molar-refractivity contribution in [2.24, 2.45) is 5.92 Å². The molecule has 1 amide bonds. The smallest absolute Gasteiger partial charge is 0.225 e. The van der Waals surface area contributed by atoms with E-state index in [0.717, 1.165) is 36.7 Å². The van der Waals surface area contributed by atoms with E-state index in [2.05, 4.69) is 22.3 Å². The third kappa shape index (κ3) is 5.47. The minimum Gasteiger partial charge on any atom is -0.491 e. The summed E-state index contributed by atoms with van der Waals surface area (Å²) in [6, 6.07) is 16.2. The lowest BCUT2D eigenvalue weighted by atomic mass is 9.98. The second-order valence-corrected chi connectivity index (χ2v) is 7.25. The molecule has 1 saturated heterocycles. The van der Waals surface area contributed by atoms with Crippen LogP contribution in [0.3, 0.4) is 0 Å². The number of nitrogens with one attached hydrogen (secondary N) is 1. The van der Waals surface area contributed by atoms with Crippen LogP contribution < -0.4 is 14.8 Å². The summed E-state index contributed by atoms with van der Waals surface area (Å²) in [6.45, 7) is 7.06. The summed E-state index contributed by atoms with van der Waals surface area (Å²) in [4.78, 5) is 13.8. The van der Waals surface area contributed by atoms with E-state index in [1.807, 2.05) is 50.2 Å². The summed E-state index contributed by atoms with van der Waals surface area (Å²) in [5.74, 6) is 1.98. The van der Waals surface area contributed by atoms with Crippen molar-refractivity contribution >= 4 is 5.91 Å². The lowest BCUT2D eigenvalue weighted by Gasteiger charge is -2.38. The highest BCUT2D eigenvalue weighted by Crippen LogP contribution is 2.21. The van der Waals surface area contributed by atoms with E-state index >= 15 is 0 Å². The van der Waals surface area contributed by atoms with Gasteiger partial charge in [0.05, 0.1) is 12.0 Å². The molecule has 1 fully saturated rings. The highest BCUT2D eigenvalue weighted by molar-refractivity contribution is 5.79. The Hall–Kier alpha value is -2.53. The molecule has 5 heteroatoms. The van der Waals surface area contributed by atoms with Crippen LogP contribution in [0.15, 0.2) is 48.5 Å². The predicted octanol–water partition coefficient (Wildman–Crippen LogP) is 3.23. The third-order valence-corrected chi connectivity index (χ3v) is 4.58. The minimum absolute atomic E-state index is 0.132. The molecule has 0 spiro atoms. The number of benzene rings is 2. The van der Waals surface area contributed by atoms with Gasteiger partial charge in [0.1, 0.15) is 18.1 Å². The van der Waals surface area contributed by atoms with E-state index in [4.69, 9.17) is 9.47 Å². The Bertz CT molecular complexity index is 752. The summed E-state index contributed by atoms with van der Waals surface area (Å²) >= 11 is 0. The molecule has 0 atom stereocenters. The number of carbonyl (C=O) groups is 1. The summed E-state index contributed by atoms with van der Waals surface area (Å²) in [7, 11) is 1.69. The van der Waals surface area contributed by atoms with Gasteiger partial charge in [-0.25, -0.2) is 0 Å². The van der Waals surface area contributed by atoms with Crippen LogP contribution in [-0.2, 0) is 17.9 Å². The molecule has 3 rings (SSSR count). The first kappa shape index (κ1) is 19.2. The topological polar surface area (TPSA) is 50.8 Å². The zero-order chi connectivity index (χ0) is 19.2. The molecule has 0 radical (unpaired) electrons. The van der Waals surface area contributed by atoms with E-state index in [9.17, 15) is 4.79 Å². The van der Waals surface area contributed by atoms with Crippen molar-refractivity contribution in [3.05, 3.63) is 59.7 Å². The largest absolute Gasteiger partial charge is 0.491 e. The van der Waals surface area contributed by atoms with Crippen LogP contribution in [0.1, 0.15) is 25.0 Å². The van der Waals surface area contributed by atoms with Gasteiger partial charge in [-0.15, -0.1) is 0 Å². The van der Waals surface area contributed by atoms with Crippen LogP contribution in [0.25, 0.3) is 0 Å². The van der Waals surface area contributed by atoms with Crippen molar-refractivity contribution in [2.75, 3.05) is 20.1 Å². The van der Waals surface area contributed by atoms with Gasteiger partial charge in [-0.3, -0.25) is 9.69 Å². The molecular weight excluding hydrogens is 340 g/mol. The average molecular weight is 368 g/mol. The molecule has 27 heavy (non-hydrogen) atoms. The first-order valence-electron chi connectivity index (χ1n) is 9.45. The maximum atomic E-state index is 11.5. The Labute approximate surface area is 161 Å². The summed E-state index contributed by atoms with van der Waals surface area (Å²) in [5, 5.41) is 2.71. The van der Waals surface area contributed by atoms with Gasteiger partial charge in [-0.05, 0) is 49.2 Å². The number of likely N-dealkylation sites (tertiary alicyclic amines) is 1. The van der Waals surface area contributed by atoms with Gasteiger partial charge < -0.3 is 14.8 Å². The SMILES string of the molecule is CNC(=O)C1CN(Cc2ccc(OCc3cccc(OC(C)C)c3)cc2)C1. The lowest BCUT2D eigenvalue weighted by Crippen LogP contribution is -2.52. The zero-order valence-corrected chi connectivity index (χ0v) is 16.3. The highest BCUT2D eigenvalue weighted by atomic mass is 16.5. The van der Waals surface area contributed by atoms with Gasteiger partial charge in [0.15, 0.2) is 0 Å². The molecule has 0 aromatic heterocycles. The molecule has 0 unspecified atom stereocenters. The Morgan fingerprint density at radius 3 is 2.52 bits per heavy atom. The number of ether oxygens (including phenoxy) is 2. The number of rotatable bonds is 8. The molecule has 0 bridgehead atoms. The van der Waals surface area contributed by atoms with Crippen LogP contribution in [0.2, 0.25) is 0 Å². The minimum atomic E-state index is 0.132. The van der Waals surface area contributed by atoms with Gasteiger partial charge >= 0.3 is 0 Å². The zero-order valence-electron chi connectivity index (χ0n) is 16.3. The van der Waals surface area contributed by atoms with Gasteiger partial charge in [-0.1, -0.05) is 24.3 Å². The van der Waals surface area contributed by atoms with Crippen molar-refractivity contribution in [1.29, 1.82) is 0 Å². The lowest BCUT2D eigenvalue weighted by molar-refractivity contribution is -0.129. The number of hydrogen-bond donors (Lipinski definition) is 1. The number of amides is 1. The Morgan fingerprint density at radius 2 is 1.85 bits per heavy atom. The highest BCUT2D eigenvalue weighted by Gasteiger charge is 2.31. The maximum absolute atomic E-state index is 11.5. The average Bonchev–Trinajstić information content (AvgIpc) is 2.63. The number of nitrogens with zero attached hydrogens (tertiary/aromatic N) is 1. The van der Waals surface area contributed by atoms with Crippen LogP contribution in [0, 0.1) is 5.92 Å². The Balaban J connectivity index is 1.46. The molecule has 2 aromatic carbocycles. The van der Waals surface area contributed by atoms with Gasteiger partial charge in [0.25, 0.3) is 0 Å². The fourth-order valence-electron chi connectivity index (χ4n) is 3.17. The standard InChI is InChI=1S/C22H28N2O3/c1-16(2)27-21-6-4-5-18(11-21)15-26-20-9-7-17(8-10-20)12-24-13-19(14-24)22(25)23-3/h4-11,16,19H,12-15H2,1-3H3,(H,23,25). The van der Waals surface area contributed by atoms with Crippen LogP contribution >= 0.6 is 0 Å². The van der Waals surface area contributed by atoms with Crippen molar-refractivity contribution in [1.82, 2.24) is 10.2 Å². The molecule has 1 aliphatic heterocycles. The Morgan fingerprint density at radius 1 is 1.11 bits per heavy atom. The first-order valence-corrected chi connectivity index (χ1v) is 9.45. The van der Waals surface area contributed by atoms with E-state index in [0.29, 0.717) is 6.61 Å². The normalized spacial score (nSPS) is 14.7. The van der Waals surface area contributed by atoms with Crippen molar-refractivity contribution in [3.63, 3.8) is 0 Å². The molecule has 5 nitrogen and oxygen atoms in total. The van der Waals surface area contributed by atoms with Crippen LogP contribution in [-0.4, -0.2) is 37.0 Å².